The topological polar surface area (TPSA) is 50.1 Å². The van der Waals surface area contributed by atoms with Gasteiger partial charge in [0.25, 0.3) is 0 Å². The summed E-state index contributed by atoms with van der Waals surface area (Å²) in [6.45, 7) is 3.67. The van der Waals surface area contributed by atoms with Crippen LogP contribution in [-0.2, 0) is 9.32 Å². The molecule has 0 aliphatic heterocycles. The molecule has 0 rings (SSSR count). The Labute approximate surface area is 123 Å². The monoisotopic (exact) mass is 343 g/mol. The number of carbonyl (C=O) groups is 1. The molecule has 2 unspecified atom stereocenters. The van der Waals surface area contributed by atoms with Crippen LogP contribution in [0.15, 0.2) is 0 Å². The molecule has 0 amide bonds. The molecular formula is C9H12FNO2P2S3. The van der Waals surface area contributed by atoms with Crippen LogP contribution in [0.2, 0.25) is 0 Å². The fourth-order valence-corrected chi connectivity index (χ4v) is 4.36. The van der Waals surface area contributed by atoms with Crippen molar-refractivity contribution in [2.75, 3.05) is 5.75 Å². The molecule has 0 saturated carbocycles. The van der Waals surface area contributed by atoms with Gasteiger partial charge in [0, 0.05) is 0 Å². The first-order valence-electron chi connectivity index (χ1n) is 4.95. The van der Waals surface area contributed by atoms with E-state index in [1.807, 2.05) is 6.92 Å². The first-order valence-corrected chi connectivity index (χ1v) is 9.47. The molecule has 0 N–H and O–H groups in total. The van der Waals surface area contributed by atoms with Gasteiger partial charge in [-0.05, 0) is 0 Å². The molecule has 18 heavy (non-hydrogen) atoms. The Morgan fingerprint density at radius 3 is 2.78 bits per heavy atom. The third kappa shape index (κ3) is 8.50. The van der Waals surface area contributed by atoms with Crippen molar-refractivity contribution in [2.24, 2.45) is 0 Å². The summed E-state index contributed by atoms with van der Waals surface area (Å²) >= 11 is 7.83. The molecule has 0 aliphatic rings. The van der Waals surface area contributed by atoms with E-state index in [1.165, 1.54) is 23.5 Å². The second-order valence-electron chi connectivity index (χ2n) is 3.32. The first-order chi connectivity index (χ1) is 8.33. The van der Waals surface area contributed by atoms with Crippen molar-refractivity contribution in [3.8, 4) is 6.07 Å². The van der Waals surface area contributed by atoms with E-state index in [2.05, 4.69) is 18.9 Å². The molecule has 0 bridgehead atoms. The molecule has 3 nitrogen and oxygen atoms in total. The van der Waals surface area contributed by atoms with Gasteiger partial charge in [-0.3, -0.25) is 0 Å². The molecule has 0 saturated heterocycles. The number of thiocarbonyl (C=S) groups is 1. The van der Waals surface area contributed by atoms with Gasteiger partial charge < -0.3 is 0 Å². The van der Waals surface area contributed by atoms with Gasteiger partial charge in [-0.2, -0.15) is 0 Å². The van der Waals surface area contributed by atoms with Crippen LogP contribution in [0.4, 0.5) is 4.20 Å². The van der Waals surface area contributed by atoms with Crippen molar-refractivity contribution >= 4 is 61.1 Å². The Balaban J connectivity index is 4.34. The summed E-state index contributed by atoms with van der Waals surface area (Å²) in [5.41, 5.74) is 0. The molecule has 9 heteroatoms. The number of carbonyl (C=O) groups excluding carboxylic acids is 1. The number of nitriles is 1. The van der Waals surface area contributed by atoms with E-state index in [4.69, 9.17) is 17.5 Å². The van der Waals surface area contributed by atoms with Crippen LogP contribution < -0.4 is 0 Å². The minimum atomic E-state index is -2.49. The number of thioether (sulfide) groups is 2. The summed E-state index contributed by atoms with van der Waals surface area (Å²) in [5, 5.41) is 9.12. The predicted molar refractivity (Wildman–Crippen MR) is 82.6 cm³/mol. The second-order valence-corrected chi connectivity index (χ2v) is 8.87. The molecule has 0 radical (unpaired) electrons. The van der Waals surface area contributed by atoms with E-state index in [0.29, 0.717) is 3.53 Å². The predicted octanol–water partition coefficient (Wildman–Crippen LogP) is 4.97. The first kappa shape index (κ1) is 18.4. The zero-order valence-electron chi connectivity index (χ0n) is 9.88. The van der Waals surface area contributed by atoms with E-state index in [0.717, 1.165) is 5.75 Å². The molecule has 2 atom stereocenters. The van der Waals surface area contributed by atoms with E-state index in [9.17, 15) is 8.99 Å². The number of halogens is 1. The number of hydrogen-bond donors (Lipinski definition) is 0. The van der Waals surface area contributed by atoms with Crippen LogP contribution in [0.25, 0.3) is 0 Å². The van der Waals surface area contributed by atoms with Crippen molar-refractivity contribution < 1.29 is 13.5 Å². The van der Waals surface area contributed by atoms with Gasteiger partial charge in [-0.15, -0.1) is 0 Å². The van der Waals surface area contributed by atoms with Gasteiger partial charge in [-0.25, -0.2) is 0 Å². The SMILES string of the molecule is CCSC(=S)SC(C)(C#N)CCC(=O)OP(F)#P. The zero-order valence-corrected chi connectivity index (χ0v) is 14.1. The Bertz CT molecular complexity index is 432. The molecule has 0 heterocycles. The molecule has 0 fully saturated rings. The maximum atomic E-state index is 12.4. The van der Waals surface area contributed by atoms with Crippen LogP contribution in [0, 0.1) is 11.3 Å². The molecule has 0 aromatic heterocycles. The summed E-state index contributed by atoms with van der Waals surface area (Å²) in [6, 6.07) is 2.12. The summed E-state index contributed by atoms with van der Waals surface area (Å²) in [7, 11) is 0.881. The number of hydrogen-bond acceptors (Lipinski definition) is 6. The van der Waals surface area contributed by atoms with Crippen LogP contribution >= 0.6 is 51.6 Å². The number of nitrogens with zero attached hydrogens (tertiary/aromatic N) is 1. The van der Waals surface area contributed by atoms with Crippen molar-refractivity contribution in [1.82, 2.24) is 0 Å². The molecule has 0 aromatic carbocycles. The molecular weight excluding hydrogens is 331 g/mol. The third-order valence-corrected chi connectivity index (χ3v) is 5.03. The summed E-state index contributed by atoms with van der Waals surface area (Å²) in [6.07, 6.45) is 0.230. The summed E-state index contributed by atoms with van der Waals surface area (Å²) < 4.78 is 16.5. The molecule has 100 valence electrons. The fourth-order valence-electron chi connectivity index (χ4n) is 0.931. The Kier molecular flexibility index (Phi) is 9.55. The zero-order chi connectivity index (χ0) is 14.2. The quantitative estimate of drug-likeness (QED) is 0.519. The van der Waals surface area contributed by atoms with E-state index in [-0.39, 0.29) is 12.8 Å². The molecule has 0 aliphatic carbocycles. The summed E-state index contributed by atoms with van der Waals surface area (Å²) in [4.78, 5) is 11.2. The van der Waals surface area contributed by atoms with Gasteiger partial charge in [0.2, 0.25) is 0 Å². The molecule has 0 spiro atoms. The Hall–Kier alpha value is 0.410. The van der Waals surface area contributed by atoms with E-state index >= 15 is 0 Å². The van der Waals surface area contributed by atoms with E-state index < -0.39 is 18.3 Å². The fraction of sp³-hybridized carbons (Fsp3) is 0.667. The molecule has 0 aromatic rings. The van der Waals surface area contributed by atoms with Gasteiger partial charge in [-0.1, -0.05) is 0 Å². The van der Waals surface area contributed by atoms with Gasteiger partial charge in [0.05, 0.1) is 0 Å². The van der Waals surface area contributed by atoms with Crippen molar-refractivity contribution in [3.05, 3.63) is 0 Å². The van der Waals surface area contributed by atoms with Crippen molar-refractivity contribution in [3.63, 3.8) is 0 Å². The van der Waals surface area contributed by atoms with Crippen LogP contribution in [0.5, 0.6) is 0 Å². The van der Waals surface area contributed by atoms with Gasteiger partial charge in [0.15, 0.2) is 0 Å². The Morgan fingerprint density at radius 1 is 1.72 bits per heavy atom. The van der Waals surface area contributed by atoms with Crippen molar-refractivity contribution in [1.29, 1.82) is 5.26 Å². The second kappa shape index (κ2) is 9.34. The summed E-state index contributed by atoms with van der Waals surface area (Å²) in [5.74, 6) is 0.149. The Morgan fingerprint density at radius 2 is 2.33 bits per heavy atom. The average Bonchev–Trinajstić information content (AvgIpc) is 2.26. The standard InChI is InChI=1S/C9H12FNO2P2S3/c1-3-17-8(16)18-9(2,6-11)5-4-7(12)13-15(10)14/h3-5H2,1-2H3. The van der Waals surface area contributed by atoms with Crippen LogP contribution in [-0.4, -0.2) is 20.0 Å². The third-order valence-electron chi connectivity index (χ3n) is 1.79. The average molecular weight is 343 g/mol. The van der Waals surface area contributed by atoms with Gasteiger partial charge in [0.1, 0.15) is 0 Å². The van der Waals surface area contributed by atoms with Crippen LogP contribution in [0.3, 0.4) is 0 Å². The van der Waals surface area contributed by atoms with Crippen molar-refractivity contribution in [2.45, 2.75) is 31.4 Å². The number of rotatable bonds is 5. The normalized spacial score (nSPS) is 14.2. The van der Waals surface area contributed by atoms with Crippen LogP contribution in [0.1, 0.15) is 26.7 Å². The maximum absolute atomic E-state index is 12.4. The minimum absolute atomic E-state index is 0.0280. The van der Waals surface area contributed by atoms with E-state index in [1.54, 1.807) is 6.92 Å². The van der Waals surface area contributed by atoms with Gasteiger partial charge >= 0.3 is 123 Å².